The first-order valence-electron chi connectivity index (χ1n) is 10.8. The first-order valence-corrected chi connectivity index (χ1v) is 11.9. The number of rotatable bonds is 6. The van der Waals surface area contributed by atoms with Crippen molar-refractivity contribution in [3.63, 3.8) is 0 Å². The van der Waals surface area contributed by atoms with Crippen LogP contribution in [0.4, 0.5) is 5.13 Å². The predicted octanol–water partition coefficient (Wildman–Crippen LogP) is 4.79. The lowest BCUT2D eigenvalue weighted by molar-refractivity contribution is -0.131. The quantitative estimate of drug-likeness (QED) is 0.658. The Bertz CT molecular complexity index is 803. The van der Waals surface area contributed by atoms with E-state index in [-0.39, 0.29) is 0 Å². The fraction of sp³-hybridized carbons (Fsp3) is 0.591. The van der Waals surface area contributed by atoms with Crippen LogP contribution < -0.4 is 4.90 Å². The maximum absolute atomic E-state index is 12.7. The van der Waals surface area contributed by atoms with Crippen LogP contribution >= 0.6 is 23.1 Å². The van der Waals surface area contributed by atoms with Gasteiger partial charge in [-0.3, -0.25) is 4.79 Å². The van der Waals surface area contributed by atoms with Crippen molar-refractivity contribution in [2.75, 3.05) is 31.1 Å². The molecule has 0 unspecified atom stereocenters. The number of aromatic nitrogens is 2. The molecule has 0 bridgehead atoms. The van der Waals surface area contributed by atoms with E-state index in [1.54, 1.807) is 0 Å². The summed E-state index contributed by atoms with van der Waals surface area (Å²) in [7, 11) is 0. The molecule has 4 rings (SSSR count). The molecule has 1 aliphatic heterocycles. The standard InChI is InChI=1S/C22H29ClN4OS/c23-19-9-6-18(7-10-19)16-20-24-22(29-25-20)27-13-3-12-26(14-15-27)21(28)11-8-17-4-1-2-5-17/h6-7,9-10,17H,1-5,8,11-16H2. The van der Waals surface area contributed by atoms with Gasteiger partial charge in [0.2, 0.25) is 11.0 Å². The number of hydrogen-bond donors (Lipinski definition) is 0. The van der Waals surface area contributed by atoms with E-state index in [1.165, 1.54) is 37.2 Å². The number of hydrogen-bond acceptors (Lipinski definition) is 5. The molecular weight excluding hydrogens is 404 g/mol. The molecule has 7 heteroatoms. The number of carbonyl (C=O) groups is 1. The van der Waals surface area contributed by atoms with Crippen LogP contribution in [0.5, 0.6) is 0 Å². The minimum absolute atomic E-state index is 0.333. The minimum atomic E-state index is 0.333. The normalized spacial score (nSPS) is 18.2. The fourth-order valence-corrected chi connectivity index (χ4v) is 5.24. The molecule has 1 aliphatic carbocycles. The van der Waals surface area contributed by atoms with E-state index in [0.29, 0.717) is 18.7 Å². The molecule has 0 atom stereocenters. The molecule has 1 saturated carbocycles. The molecule has 1 aromatic heterocycles. The lowest BCUT2D eigenvalue weighted by Gasteiger charge is -2.22. The zero-order valence-electron chi connectivity index (χ0n) is 16.9. The third-order valence-electron chi connectivity index (χ3n) is 6.09. The molecule has 0 spiro atoms. The Balaban J connectivity index is 1.28. The molecule has 156 valence electrons. The first kappa shape index (κ1) is 20.6. The number of halogens is 1. The second-order valence-corrected chi connectivity index (χ2v) is 9.37. The summed E-state index contributed by atoms with van der Waals surface area (Å²) < 4.78 is 4.54. The van der Waals surface area contributed by atoms with Gasteiger partial charge in [-0.2, -0.15) is 4.37 Å². The Kier molecular flexibility index (Phi) is 7.03. The summed E-state index contributed by atoms with van der Waals surface area (Å²) in [6.07, 6.45) is 8.82. The fourth-order valence-electron chi connectivity index (χ4n) is 4.37. The van der Waals surface area contributed by atoms with Crippen molar-refractivity contribution in [1.82, 2.24) is 14.3 Å². The lowest BCUT2D eigenvalue weighted by atomic mass is 10.0. The predicted molar refractivity (Wildman–Crippen MR) is 119 cm³/mol. The average molecular weight is 433 g/mol. The molecule has 0 radical (unpaired) electrons. The van der Waals surface area contributed by atoms with Gasteiger partial charge in [-0.25, -0.2) is 4.98 Å². The van der Waals surface area contributed by atoms with E-state index >= 15 is 0 Å². The van der Waals surface area contributed by atoms with Crippen molar-refractivity contribution in [3.8, 4) is 0 Å². The number of anilines is 1. The second kappa shape index (κ2) is 9.90. The largest absolute Gasteiger partial charge is 0.345 e. The second-order valence-electron chi connectivity index (χ2n) is 8.21. The lowest BCUT2D eigenvalue weighted by Crippen LogP contribution is -2.35. The van der Waals surface area contributed by atoms with Crippen LogP contribution in [0.2, 0.25) is 5.02 Å². The Morgan fingerprint density at radius 1 is 1.07 bits per heavy atom. The maximum Gasteiger partial charge on any atom is 0.222 e. The molecule has 2 fully saturated rings. The number of amides is 1. The smallest absolute Gasteiger partial charge is 0.222 e. The highest BCUT2D eigenvalue weighted by molar-refractivity contribution is 7.09. The number of benzene rings is 1. The van der Waals surface area contributed by atoms with Crippen molar-refractivity contribution in [2.24, 2.45) is 5.92 Å². The van der Waals surface area contributed by atoms with Crippen molar-refractivity contribution < 1.29 is 4.79 Å². The third-order valence-corrected chi connectivity index (χ3v) is 7.16. The minimum Gasteiger partial charge on any atom is -0.345 e. The highest BCUT2D eigenvalue weighted by atomic mass is 35.5. The molecule has 1 aromatic carbocycles. The Labute approximate surface area is 182 Å². The van der Waals surface area contributed by atoms with Crippen LogP contribution in [0.3, 0.4) is 0 Å². The van der Waals surface area contributed by atoms with E-state index in [0.717, 1.165) is 66.5 Å². The molecule has 29 heavy (non-hydrogen) atoms. The molecular formula is C22H29ClN4OS. The summed E-state index contributed by atoms with van der Waals surface area (Å²) in [5.41, 5.74) is 1.16. The third kappa shape index (κ3) is 5.70. The van der Waals surface area contributed by atoms with Gasteiger partial charge < -0.3 is 9.80 Å². The molecule has 1 amide bonds. The van der Waals surface area contributed by atoms with Gasteiger partial charge in [0.25, 0.3) is 0 Å². The molecule has 1 saturated heterocycles. The van der Waals surface area contributed by atoms with E-state index in [4.69, 9.17) is 16.6 Å². The Morgan fingerprint density at radius 2 is 1.86 bits per heavy atom. The van der Waals surface area contributed by atoms with E-state index in [1.807, 2.05) is 24.3 Å². The van der Waals surface area contributed by atoms with Gasteiger partial charge in [0, 0.05) is 55.6 Å². The summed E-state index contributed by atoms with van der Waals surface area (Å²) in [4.78, 5) is 21.7. The van der Waals surface area contributed by atoms with Gasteiger partial charge in [-0.05, 0) is 36.5 Å². The van der Waals surface area contributed by atoms with Gasteiger partial charge in [0.15, 0.2) is 0 Å². The summed E-state index contributed by atoms with van der Waals surface area (Å²) >= 11 is 7.42. The zero-order valence-corrected chi connectivity index (χ0v) is 18.4. The Morgan fingerprint density at radius 3 is 2.66 bits per heavy atom. The van der Waals surface area contributed by atoms with Crippen LogP contribution in [0, 0.1) is 5.92 Å². The summed E-state index contributed by atoms with van der Waals surface area (Å²) in [5, 5.41) is 1.71. The van der Waals surface area contributed by atoms with Crippen molar-refractivity contribution in [3.05, 3.63) is 40.7 Å². The van der Waals surface area contributed by atoms with Gasteiger partial charge in [0.05, 0.1) is 0 Å². The molecule has 2 aliphatic rings. The summed E-state index contributed by atoms with van der Waals surface area (Å²) in [5.74, 6) is 1.96. The van der Waals surface area contributed by atoms with Crippen molar-refractivity contribution in [1.29, 1.82) is 0 Å². The highest BCUT2D eigenvalue weighted by Gasteiger charge is 2.23. The topological polar surface area (TPSA) is 49.3 Å². The molecule has 0 N–H and O–H groups in total. The number of carbonyl (C=O) groups excluding carboxylic acids is 1. The van der Waals surface area contributed by atoms with E-state index in [9.17, 15) is 4.79 Å². The summed E-state index contributed by atoms with van der Waals surface area (Å²) in [6, 6.07) is 7.84. The van der Waals surface area contributed by atoms with Crippen LogP contribution in [0.15, 0.2) is 24.3 Å². The maximum atomic E-state index is 12.7. The zero-order chi connectivity index (χ0) is 20.1. The van der Waals surface area contributed by atoms with Crippen LogP contribution in [-0.2, 0) is 11.2 Å². The monoisotopic (exact) mass is 432 g/mol. The van der Waals surface area contributed by atoms with Gasteiger partial charge in [-0.15, -0.1) is 0 Å². The molecule has 2 heterocycles. The van der Waals surface area contributed by atoms with Crippen LogP contribution in [0.1, 0.15) is 56.3 Å². The van der Waals surface area contributed by atoms with Crippen molar-refractivity contribution in [2.45, 2.75) is 51.4 Å². The SMILES string of the molecule is O=C(CCC1CCCC1)N1CCCN(c2nc(Cc3ccc(Cl)cc3)ns2)CC1. The number of nitrogens with zero attached hydrogens (tertiary/aromatic N) is 4. The van der Waals surface area contributed by atoms with Gasteiger partial charge in [0.1, 0.15) is 5.82 Å². The molecule has 2 aromatic rings. The summed E-state index contributed by atoms with van der Waals surface area (Å²) in [6.45, 7) is 3.42. The average Bonchev–Trinajstić information content (AvgIpc) is 3.35. The Hall–Kier alpha value is -1.66. The van der Waals surface area contributed by atoms with E-state index < -0.39 is 0 Å². The van der Waals surface area contributed by atoms with Crippen molar-refractivity contribution >= 4 is 34.2 Å². The first-order chi connectivity index (χ1) is 14.2. The highest BCUT2D eigenvalue weighted by Crippen LogP contribution is 2.29. The van der Waals surface area contributed by atoms with Crippen LogP contribution in [-0.4, -0.2) is 46.3 Å². The van der Waals surface area contributed by atoms with Gasteiger partial charge >= 0.3 is 0 Å². The van der Waals surface area contributed by atoms with Crippen LogP contribution in [0.25, 0.3) is 0 Å². The molecule has 5 nitrogen and oxygen atoms in total. The van der Waals surface area contributed by atoms with E-state index in [2.05, 4.69) is 14.2 Å². The van der Waals surface area contributed by atoms with Gasteiger partial charge in [-0.1, -0.05) is 49.4 Å².